The van der Waals surface area contributed by atoms with Gasteiger partial charge in [-0.05, 0) is 33.6 Å². The minimum atomic E-state index is -1.57. The number of carbonyl (C=O) groups is 4. The zero-order valence-electron chi connectivity index (χ0n) is 20.2. The minimum Gasteiger partial charge on any atom is -0.465 e. The Morgan fingerprint density at radius 3 is 2.21 bits per heavy atom. The topological polar surface area (TPSA) is 210 Å². The number of ether oxygens (including phenoxy) is 6. The summed E-state index contributed by atoms with van der Waals surface area (Å²) in [4.78, 5) is 48.0. The second-order valence-corrected chi connectivity index (χ2v) is 7.71. The van der Waals surface area contributed by atoms with Crippen molar-refractivity contribution in [3.63, 3.8) is 0 Å². The first-order valence-electron chi connectivity index (χ1n) is 10.8. The van der Waals surface area contributed by atoms with Crippen LogP contribution in [0.4, 0.5) is 4.79 Å². The van der Waals surface area contributed by atoms with Crippen molar-refractivity contribution in [2.75, 3.05) is 46.7 Å². The summed E-state index contributed by atoms with van der Waals surface area (Å²) in [6.07, 6.45) is -3.02. The zero-order valence-corrected chi connectivity index (χ0v) is 20.2. The third kappa shape index (κ3) is 13.9. The summed E-state index contributed by atoms with van der Waals surface area (Å²) in [6.45, 7) is 3.50. The monoisotopic (exact) mass is 496 g/mol. The number of unbranched alkanes of at least 4 members (excludes halogenated alkanes) is 1. The van der Waals surface area contributed by atoms with E-state index in [4.69, 9.17) is 34.2 Å². The summed E-state index contributed by atoms with van der Waals surface area (Å²) in [6, 6.07) is 0. The number of hydrogen-bond acceptors (Lipinski definition) is 13. The molecule has 0 fully saturated rings. The predicted molar refractivity (Wildman–Crippen MR) is 115 cm³/mol. The van der Waals surface area contributed by atoms with Gasteiger partial charge in [0, 0.05) is 13.7 Å². The van der Waals surface area contributed by atoms with E-state index in [1.807, 2.05) is 0 Å². The van der Waals surface area contributed by atoms with Crippen LogP contribution in [0.3, 0.4) is 0 Å². The molecule has 7 N–H and O–H groups in total. The molecule has 0 aliphatic heterocycles. The highest BCUT2D eigenvalue weighted by Crippen LogP contribution is 2.21. The smallest absolute Gasteiger partial charge is 0.465 e. The molecule has 0 heterocycles. The Labute approximate surface area is 198 Å². The Kier molecular flexibility index (Phi) is 15.7. The van der Waals surface area contributed by atoms with Crippen molar-refractivity contribution >= 4 is 24.1 Å². The van der Waals surface area contributed by atoms with E-state index in [2.05, 4.69) is 11.1 Å². The van der Waals surface area contributed by atoms with Crippen molar-refractivity contribution in [3.8, 4) is 0 Å². The molecule has 0 aliphatic rings. The molecule has 0 bridgehead atoms. The fourth-order valence-corrected chi connectivity index (χ4v) is 2.15. The molecule has 0 saturated heterocycles. The Bertz CT molecular complexity index is 645. The molecule has 0 aliphatic carbocycles. The van der Waals surface area contributed by atoms with Crippen LogP contribution in [0.15, 0.2) is 0 Å². The highest BCUT2D eigenvalue weighted by Gasteiger charge is 2.39. The molecule has 198 valence electrons. The molecule has 14 nitrogen and oxygen atoms in total. The number of methoxy groups -OCH3 is 1. The number of hydrogen-bond donors (Lipinski definition) is 4. The van der Waals surface area contributed by atoms with Gasteiger partial charge in [0.2, 0.25) is 0 Å². The van der Waals surface area contributed by atoms with Gasteiger partial charge < -0.3 is 39.3 Å². The number of nitrogens with one attached hydrogen (secondary N) is 1. The van der Waals surface area contributed by atoms with Crippen LogP contribution in [-0.2, 0) is 42.8 Å². The Hall–Kier alpha value is -2.52. The Morgan fingerprint density at radius 2 is 1.62 bits per heavy atom. The second kappa shape index (κ2) is 17.0. The highest BCUT2D eigenvalue weighted by molar-refractivity contribution is 5.81. The molecular weight excluding hydrogens is 458 g/mol. The van der Waals surface area contributed by atoms with E-state index in [1.54, 1.807) is 0 Å². The lowest BCUT2D eigenvalue weighted by Gasteiger charge is -2.27. The largest absolute Gasteiger partial charge is 0.508 e. The molecule has 0 saturated carbocycles. The molecule has 34 heavy (non-hydrogen) atoms. The van der Waals surface area contributed by atoms with Gasteiger partial charge in [-0.3, -0.25) is 15.8 Å². The first kappa shape index (κ1) is 31.5. The third-order valence-corrected chi connectivity index (χ3v) is 4.22. The molecule has 0 amide bonds. The summed E-state index contributed by atoms with van der Waals surface area (Å²) in [5, 5.41) is 12.1. The van der Waals surface area contributed by atoms with Crippen molar-refractivity contribution in [1.82, 2.24) is 5.32 Å². The summed E-state index contributed by atoms with van der Waals surface area (Å²) in [5.41, 5.74) is 7.50. The van der Waals surface area contributed by atoms with Gasteiger partial charge in [-0.1, -0.05) is 0 Å². The van der Waals surface area contributed by atoms with Crippen LogP contribution >= 0.6 is 0 Å². The van der Waals surface area contributed by atoms with Gasteiger partial charge in [-0.25, -0.2) is 14.4 Å². The van der Waals surface area contributed by atoms with E-state index < -0.39 is 61.2 Å². The van der Waals surface area contributed by atoms with Crippen LogP contribution in [0.1, 0.15) is 33.6 Å². The number of carbonyl (C=O) groups excluding carboxylic acids is 4. The van der Waals surface area contributed by atoms with E-state index in [9.17, 15) is 24.3 Å². The van der Waals surface area contributed by atoms with Crippen LogP contribution in [0.25, 0.3) is 0 Å². The molecule has 0 aromatic heterocycles. The van der Waals surface area contributed by atoms with Gasteiger partial charge >= 0.3 is 24.1 Å². The van der Waals surface area contributed by atoms with Crippen molar-refractivity contribution < 1.29 is 58.4 Å². The average molecular weight is 497 g/mol. The fraction of sp³-hybridized carbons (Fsp3) is 0.800. The van der Waals surface area contributed by atoms with Crippen molar-refractivity contribution in [2.45, 2.75) is 52.1 Å². The normalized spacial score (nSPS) is 15.3. The molecule has 0 spiro atoms. The highest BCUT2D eigenvalue weighted by atomic mass is 16.7. The Morgan fingerprint density at radius 1 is 0.971 bits per heavy atom. The summed E-state index contributed by atoms with van der Waals surface area (Å²) < 4.78 is 29.6. The number of aliphatic hydroxyl groups excluding tert-OH is 1. The van der Waals surface area contributed by atoms with Gasteiger partial charge in [0.05, 0.1) is 13.2 Å². The lowest BCUT2D eigenvalue weighted by Crippen LogP contribution is -2.73. The van der Waals surface area contributed by atoms with E-state index in [0.717, 1.165) is 0 Å². The van der Waals surface area contributed by atoms with E-state index in [1.165, 1.54) is 27.9 Å². The first-order valence-corrected chi connectivity index (χ1v) is 10.8. The van der Waals surface area contributed by atoms with Crippen LogP contribution in [0.5, 0.6) is 0 Å². The van der Waals surface area contributed by atoms with Gasteiger partial charge in [0.1, 0.15) is 31.3 Å². The van der Waals surface area contributed by atoms with Gasteiger partial charge in [-0.2, -0.15) is 0 Å². The van der Waals surface area contributed by atoms with Crippen molar-refractivity contribution in [3.05, 3.63) is 0 Å². The summed E-state index contributed by atoms with van der Waals surface area (Å²) in [7, 11) is 1.43. The molecule has 0 rings (SSSR count). The van der Waals surface area contributed by atoms with Gasteiger partial charge in [-0.15, -0.1) is 0 Å². The molecule has 0 radical (unpaired) electrons. The molecule has 0 aromatic carbocycles. The van der Waals surface area contributed by atoms with Crippen molar-refractivity contribution in [2.24, 2.45) is 11.1 Å². The maximum absolute atomic E-state index is 12.7. The lowest BCUT2D eigenvalue weighted by molar-refractivity contribution is -0.427. The summed E-state index contributed by atoms with van der Waals surface area (Å²) in [5.74, 6) is -2.75. The van der Waals surface area contributed by atoms with Crippen LogP contribution in [0.2, 0.25) is 0 Å². The van der Waals surface area contributed by atoms with Crippen LogP contribution in [-0.4, -0.2) is 94.4 Å². The molecule has 14 heteroatoms. The molecular formula is C20H38N3O11+. The molecule has 2 unspecified atom stereocenters. The van der Waals surface area contributed by atoms with Gasteiger partial charge in [0.25, 0.3) is 0 Å². The molecule has 0 aromatic rings. The Balaban J connectivity index is 4.93. The number of esters is 3. The van der Waals surface area contributed by atoms with Crippen LogP contribution < -0.4 is 16.8 Å². The lowest BCUT2D eigenvalue weighted by atomic mass is 9.93. The van der Waals surface area contributed by atoms with E-state index >= 15 is 0 Å². The summed E-state index contributed by atoms with van der Waals surface area (Å²) >= 11 is 0. The average Bonchev–Trinajstić information content (AvgIpc) is 2.77. The number of aliphatic hydroxyl groups is 1. The SMILES string of the molecule is COCCOC(=O)OCC(C)(COC(=O)[C@H](C)OC(=O)[C@H](C)O)C(=O)OCCCCNC(N)[NH3+]. The maximum Gasteiger partial charge on any atom is 0.508 e. The minimum absolute atomic E-state index is 0.0530. The first-order chi connectivity index (χ1) is 15.9. The van der Waals surface area contributed by atoms with Crippen LogP contribution in [0, 0.1) is 5.41 Å². The zero-order chi connectivity index (χ0) is 26.1. The standard InChI is InChI=1S/C20H37N3O11/c1-13(24)15(25)34-14(2)16(26)32-11-20(3,12-33-19(28)31-10-9-29-4)17(27)30-8-6-5-7-23-18(21)22/h13-14,18,23-24H,5-12,21-22H2,1-4H3/p+1/t13-,14-,20?/m0/s1. The number of nitrogens with two attached hydrogens (primary N) is 1. The van der Waals surface area contributed by atoms with Gasteiger partial charge in [0.15, 0.2) is 12.4 Å². The van der Waals surface area contributed by atoms with E-state index in [0.29, 0.717) is 19.4 Å². The number of rotatable bonds is 17. The quantitative estimate of drug-likeness (QED) is 0.0747. The maximum atomic E-state index is 12.7. The van der Waals surface area contributed by atoms with E-state index in [-0.39, 0.29) is 19.8 Å². The number of quaternary nitrogens is 1. The second-order valence-electron chi connectivity index (χ2n) is 7.71. The third-order valence-electron chi connectivity index (χ3n) is 4.22. The predicted octanol–water partition coefficient (Wildman–Crippen LogP) is -1.95. The molecule has 4 atom stereocenters. The van der Waals surface area contributed by atoms with Crippen molar-refractivity contribution in [1.29, 1.82) is 0 Å². The fourth-order valence-electron chi connectivity index (χ4n) is 2.15.